The van der Waals surface area contributed by atoms with Crippen LogP contribution in [0, 0.1) is 5.82 Å². The van der Waals surface area contributed by atoms with Crippen LogP contribution in [-0.4, -0.2) is 0 Å². The van der Waals surface area contributed by atoms with Crippen molar-refractivity contribution in [2.75, 3.05) is 0 Å². The largest absolute Gasteiger partial charge is 0.271 e. The lowest BCUT2D eigenvalue weighted by Crippen LogP contribution is -2.29. The molecule has 0 saturated carbocycles. The molecule has 1 unspecified atom stereocenters. The SMILES string of the molecule is NNC(Cc1ccc(F)cc1)c1cc(Br)sc1Br. The fraction of sp³-hybridized carbons (Fsp3) is 0.167. The van der Waals surface area contributed by atoms with Crippen LogP contribution in [0.15, 0.2) is 37.9 Å². The van der Waals surface area contributed by atoms with Gasteiger partial charge in [-0.05, 0) is 67.6 Å². The third-order valence-electron chi connectivity index (χ3n) is 2.61. The number of halogens is 3. The summed E-state index contributed by atoms with van der Waals surface area (Å²) in [4.78, 5) is 0. The van der Waals surface area contributed by atoms with E-state index in [1.54, 1.807) is 23.5 Å². The van der Waals surface area contributed by atoms with Crippen LogP contribution in [0.5, 0.6) is 0 Å². The summed E-state index contributed by atoms with van der Waals surface area (Å²) in [6.45, 7) is 0. The minimum absolute atomic E-state index is 0.00705. The van der Waals surface area contributed by atoms with E-state index in [0.29, 0.717) is 6.42 Å². The molecule has 1 atom stereocenters. The quantitative estimate of drug-likeness (QED) is 0.604. The van der Waals surface area contributed by atoms with Crippen molar-refractivity contribution in [3.63, 3.8) is 0 Å². The zero-order chi connectivity index (χ0) is 13.1. The molecule has 0 aliphatic rings. The third-order valence-corrected chi connectivity index (χ3v) is 5.00. The lowest BCUT2D eigenvalue weighted by Gasteiger charge is -2.15. The molecule has 1 aromatic heterocycles. The molecule has 2 rings (SSSR count). The minimum atomic E-state index is -0.226. The van der Waals surface area contributed by atoms with Crippen LogP contribution in [0.2, 0.25) is 0 Å². The van der Waals surface area contributed by atoms with Crippen molar-refractivity contribution in [2.45, 2.75) is 12.5 Å². The van der Waals surface area contributed by atoms with Crippen molar-refractivity contribution in [1.82, 2.24) is 5.43 Å². The van der Waals surface area contributed by atoms with Crippen molar-refractivity contribution >= 4 is 43.2 Å². The van der Waals surface area contributed by atoms with E-state index >= 15 is 0 Å². The molecule has 0 fully saturated rings. The van der Waals surface area contributed by atoms with Crippen LogP contribution in [0.4, 0.5) is 4.39 Å². The van der Waals surface area contributed by atoms with Gasteiger partial charge in [0.25, 0.3) is 0 Å². The summed E-state index contributed by atoms with van der Waals surface area (Å²) in [6.07, 6.45) is 0.707. The number of hydrazine groups is 1. The molecule has 0 spiro atoms. The number of nitrogens with two attached hydrogens (primary N) is 1. The molecule has 96 valence electrons. The Hall–Kier alpha value is -0.270. The average molecular weight is 394 g/mol. The van der Waals surface area contributed by atoms with E-state index in [0.717, 1.165) is 18.7 Å². The molecule has 18 heavy (non-hydrogen) atoms. The van der Waals surface area contributed by atoms with E-state index in [-0.39, 0.29) is 11.9 Å². The van der Waals surface area contributed by atoms with Crippen LogP contribution >= 0.6 is 43.2 Å². The summed E-state index contributed by atoms with van der Waals surface area (Å²) >= 11 is 8.57. The molecule has 0 saturated heterocycles. The van der Waals surface area contributed by atoms with Gasteiger partial charge >= 0.3 is 0 Å². The van der Waals surface area contributed by atoms with E-state index in [9.17, 15) is 4.39 Å². The minimum Gasteiger partial charge on any atom is -0.271 e. The molecule has 2 nitrogen and oxygen atoms in total. The zero-order valence-electron chi connectivity index (χ0n) is 9.29. The van der Waals surface area contributed by atoms with Crippen molar-refractivity contribution in [2.24, 2.45) is 5.84 Å². The maximum atomic E-state index is 12.8. The van der Waals surface area contributed by atoms with E-state index in [4.69, 9.17) is 5.84 Å². The van der Waals surface area contributed by atoms with Gasteiger partial charge in [-0.2, -0.15) is 0 Å². The third kappa shape index (κ3) is 3.39. The molecule has 3 N–H and O–H groups in total. The summed E-state index contributed by atoms with van der Waals surface area (Å²) in [5, 5.41) is 0. The van der Waals surface area contributed by atoms with Crippen LogP contribution < -0.4 is 11.3 Å². The van der Waals surface area contributed by atoms with Gasteiger partial charge in [0.15, 0.2) is 0 Å². The average Bonchev–Trinajstić information content (AvgIpc) is 2.68. The van der Waals surface area contributed by atoms with E-state index in [2.05, 4.69) is 37.3 Å². The molecule has 0 amide bonds. The van der Waals surface area contributed by atoms with Crippen molar-refractivity contribution in [3.8, 4) is 0 Å². The topological polar surface area (TPSA) is 38.0 Å². The Morgan fingerprint density at radius 3 is 2.44 bits per heavy atom. The van der Waals surface area contributed by atoms with Crippen molar-refractivity contribution in [3.05, 3.63) is 54.8 Å². The first-order chi connectivity index (χ1) is 8.60. The Bertz CT molecular complexity index is 527. The van der Waals surface area contributed by atoms with E-state index < -0.39 is 0 Å². The van der Waals surface area contributed by atoms with Crippen LogP contribution in [-0.2, 0) is 6.42 Å². The predicted octanol–water partition coefficient (Wildman–Crippen LogP) is 4.16. The van der Waals surface area contributed by atoms with E-state index in [1.165, 1.54) is 12.1 Å². The fourth-order valence-electron chi connectivity index (χ4n) is 1.71. The molecule has 0 bridgehead atoms. The first-order valence-corrected chi connectivity index (χ1v) is 7.65. The Labute approximate surface area is 126 Å². The molecule has 0 aliphatic carbocycles. The summed E-state index contributed by atoms with van der Waals surface area (Å²) in [5.74, 6) is 5.38. The van der Waals surface area contributed by atoms with Gasteiger partial charge in [0.05, 0.1) is 13.6 Å². The number of thiophene rings is 1. The maximum absolute atomic E-state index is 12.8. The predicted molar refractivity (Wildman–Crippen MR) is 79.9 cm³/mol. The fourth-order valence-corrected chi connectivity index (χ4v) is 4.68. The smallest absolute Gasteiger partial charge is 0.123 e. The van der Waals surface area contributed by atoms with Crippen molar-refractivity contribution < 1.29 is 4.39 Å². The second kappa shape index (κ2) is 6.25. The number of hydrogen-bond acceptors (Lipinski definition) is 3. The molecule has 6 heteroatoms. The summed E-state index contributed by atoms with van der Waals surface area (Å²) in [5.41, 5.74) is 4.93. The number of benzene rings is 1. The summed E-state index contributed by atoms with van der Waals surface area (Å²) in [7, 11) is 0. The van der Waals surface area contributed by atoms with Gasteiger partial charge in [0.2, 0.25) is 0 Å². The van der Waals surface area contributed by atoms with Gasteiger partial charge < -0.3 is 0 Å². The Kier molecular flexibility index (Phi) is 4.91. The first-order valence-electron chi connectivity index (χ1n) is 5.25. The van der Waals surface area contributed by atoms with Crippen molar-refractivity contribution in [1.29, 1.82) is 0 Å². The highest BCUT2D eigenvalue weighted by atomic mass is 79.9. The Morgan fingerprint density at radius 1 is 1.28 bits per heavy atom. The summed E-state index contributed by atoms with van der Waals surface area (Å²) in [6, 6.07) is 8.49. The standard InChI is InChI=1S/C12H11Br2FN2S/c13-11-6-9(12(14)18-11)10(17-16)5-7-1-3-8(15)4-2-7/h1-4,6,10,17H,5,16H2. The second-order valence-electron chi connectivity index (χ2n) is 3.83. The van der Waals surface area contributed by atoms with Crippen LogP contribution in [0.1, 0.15) is 17.2 Å². The lowest BCUT2D eigenvalue weighted by atomic mass is 10.0. The molecular weight excluding hydrogens is 383 g/mol. The second-order valence-corrected chi connectivity index (χ2v) is 7.58. The Morgan fingerprint density at radius 2 is 1.94 bits per heavy atom. The van der Waals surface area contributed by atoms with Crippen LogP contribution in [0.3, 0.4) is 0 Å². The Balaban J connectivity index is 2.19. The molecule has 1 aromatic carbocycles. The highest BCUT2D eigenvalue weighted by Gasteiger charge is 2.16. The lowest BCUT2D eigenvalue weighted by molar-refractivity contribution is 0.550. The van der Waals surface area contributed by atoms with Gasteiger partial charge in [-0.15, -0.1) is 11.3 Å². The molecule has 0 radical (unpaired) electrons. The normalized spacial score (nSPS) is 12.7. The number of rotatable bonds is 4. The molecule has 1 heterocycles. The molecule has 0 aliphatic heterocycles. The maximum Gasteiger partial charge on any atom is 0.123 e. The summed E-state index contributed by atoms with van der Waals surface area (Å²) < 4.78 is 14.9. The number of hydrogen-bond donors (Lipinski definition) is 2. The molecule has 2 aromatic rings. The monoisotopic (exact) mass is 392 g/mol. The molecular formula is C12H11Br2FN2S. The van der Waals surface area contributed by atoms with Crippen LogP contribution in [0.25, 0.3) is 0 Å². The zero-order valence-corrected chi connectivity index (χ0v) is 13.3. The van der Waals surface area contributed by atoms with Gasteiger partial charge in [-0.25, -0.2) is 4.39 Å². The number of nitrogens with one attached hydrogen (secondary N) is 1. The van der Waals surface area contributed by atoms with Gasteiger partial charge in [0, 0.05) is 0 Å². The highest BCUT2D eigenvalue weighted by molar-refractivity contribution is 9.12. The van der Waals surface area contributed by atoms with Gasteiger partial charge in [-0.1, -0.05) is 12.1 Å². The first kappa shape index (κ1) is 14.1. The van der Waals surface area contributed by atoms with Gasteiger partial charge in [-0.3, -0.25) is 11.3 Å². The highest BCUT2D eigenvalue weighted by Crippen LogP contribution is 2.36. The van der Waals surface area contributed by atoms with Gasteiger partial charge in [0.1, 0.15) is 5.82 Å². The van der Waals surface area contributed by atoms with E-state index in [1.807, 2.05) is 6.07 Å².